The quantitative estimate of drug-likeness (QED) is 0.692. The monoisotopic (exact) mass is 458 g/mol. The van der Waals surface area contributed by atoms with Gasteiger partial charge in [0.25, 0.3) is 5.91 Å². The number of halogens is 1. The lowest BCUT2D eigenvalue weighted by Gasteiger charge is -2.34. The zero-order valence-electron chi connectivity index (χ0n) is 15.0. The summed E-state index contributed by atoms with van der Waals surface area (Å²) in [6.07, 6.45) is 1.32. The van der Waals surface area contributed by atoms with Crippen LogP contribution in [0.3, 0.4) is 0 Å². The first kappa shape index (κ1) is 18.7. The number of hydrazone groups is 1. The maximum Gasteiger partial charge on any atom is 0.337 e. The fraction of sp³-hybridized carbons (Fsp3) is 0.158. The summed E-state index contributed by atoms with van der Waals surface area (Å²) in [6.45, 7) is 0. The highest BCUT2D eigenvalue weighted by Gasteiger charge is 2.34. The Morgan fingerprint density at radius 2 is 2.00 bits per heavy atom. The van der Waals surface area contributed by atoms with Crippen LogP contribution in [-0.2, 0) is 9.53 Å². The number of nitrogens with zero attached hydrogens (tertiary/aromatic N) is 3. The molecule has 2 aromatic carbocycles. The van der Waals surface area contributed by atoms with Crippen LogP contribution >= 0.6 is 27.7 Å². The minimum absolute atomic E-state index is 0.232. The van der Waals surface area contributed by atoms with Crippen LogP contribution in [0.4, 0.5) is 0 Å². The van der Waals surface area contributed by atoms with Gasteiger partial charge in [-0.05, 0) is 42.2 Å². The first-order valence-electron chi connectivity index (χ1n) is 8.31. The molecule has 0 fully saturated rings. The predicted octanol–water partition coefficient (Wildman–Crippen LogP) is 1.74. The molecule has 1 amide bonds. The maximum atomic E-state index is 12.8. The van der Waals surface area contributed by atoms with Crippen LogP contribution in [0.1, 0.15) is 22.1 Å². The Bertz CT molecular complexity index is 1130. The lowest BCUT2D eigenvalue weighted by molar-refractivity contribution is -0.116. The Kier molecular flexibility index (Phi) is 4.94. The third kappa shape index (κ3) is 3.20. The highest BCUT2D eigenvalue weighted by Crippen LogP contribution is 2.30. The summed E-state index contributed by atoms with van der Waals surface area (Å²) in [4.78, 5) is 29.3. The first-order valence-corrected chi connectivity index (χ1v) is 10.3. The summed E-state index contributed by atoms with van der Waals surface area (Å²) >= 11 is 4.80. The minimum Gasteiger partial charge on any atom is -0.465 e. The average molecular weight is 459 g/mol. The lowest BCUT2D eigenvalue weighted by atomic mass is 10.1. The molecule has 0 spiro atoms. The fourth-order valence-electron chi connectivity index (χ4n) is 3.07. The Hall–Kier alpha value is -2.65. The Balaban J connectivity index is 1.89. The number of amidine groups is 1. The van der Waals surface area contributed by atoms with Crippen molar-refractivity contribution in [1.82, 2.24) is 10.3 Å². The lowest BCUT2D eigenvalue weighted by Crippen LogP contribution is -2.50. The van der Waals surface area contributed by atoms with Crippen molar-refractivity contribution in [1.29, 1.82) is 0 Å². The molecule has 1 N–H and O–H groups in total. The molecule has 2 aromatic rings. The van der Waals surface area contributed by atoms with Gasteiger partial charge in [-0.1, -0.05) is 39.8 Å². The predicted molar refractivity (Wildman–Crippen MR) is 110 cm³/mol. The zero-order valence-corrected chi connectivity index (χ0v) is 17.4. The van der Waals surface area contributed by atoms with Crippen LogP contribution in [0.2, 0.25) is 0 Å². The first-order chi connectivity index (χ1) is 13.5. The van der Waals surface area contributed by atoms with Crippen molar-refractivity contribution in [3.63, 3.8) is 0 Å². The second-order valence-electron chi connectivity index (χ2n) is 6.03. The molecule has 9 heteroatoms. The number of benzene rings is 2. The summed E-state index contributed by atoms with van der Waals surface area (Å²) in [5, 5.41) is 10.9. The van der Waals surface area contributed by atoms with E-state index in [2.05, 4.69) is 26.3 Å². The number of amides is 1. The van der Waals surface area contributed by atoms with E-state index in [1.54, 1.807) is 29.3 Å². The van der Waals surface area contributed by atoms with E-state index in [0.717, 1.165) is 10.0 Å². The van der Waals surface area contributed by atoms with Crippen LogP contribution in [0.15, 0.2) is 57.0 Å². The maximum absolute atomic E-state index is 12.8. The third-order valence-electron chi connectivity index (χ3n) is 4.39. The molecule has 4 rings (SSSR count). The number of carbonyl (C=O) groups excluding carboxylic acids is 2. The molecule has 0 aliphatic carbocycles. The van der Waals surface area contributed by atoms with Crippen molar-refractivity contribution in [3.05, 3.63) is 68.6 Å². The van der Waals surface area contributed by atoms with E-state index < -0.39 is 12.1 Å². The average Bonchev–Trinajstić information content (AvgIpc) is 2.72. The molecule has 0 radical (unpaired) electrons. The molecule has 0 bridgehead atoms. The molecule has 28 heavy (non-hydrogen) atoms. The van der Waals surface area contributed by atoms with Crippen LogP contribution in [0.25, 0.3) is 5.70 Å². The van der Waals surface area contributed by atoms with E-state index >= 15 is 0 Å². The number of methoxy groups -OCH3 is 1. The van der Waals surface area contributed by atoms with Gasteiger partial charge in [-0.15, -0.1) is 5.10 Å². The van der Waals surface area contributed by atoms with E-state index in [-0.39, 0.29) is 5.91 Å². The number of rotatable bonds is 2. The molecule has 0 saturated heterocycles. The van der Waals surface area contributed by atoms with E-state index in [4.69, 9.17) is 9.73 Å². The van der Waals surface area contributed by atoms with Crippen LogP contribution in [-0.4, -0.2) is 35.4 Å². The normalized spacial score (nSPS) is 17.8. The highest BCUT2D eigenvalue weighted by molar-refractivity contribution is 9.10. The number of carbonyl (C=O) groups is 2. The second kappa shape index (κ2) is 7.40. The summed E-state index contributed by atoms with van der Waals surface area (Å²) in [5.41, 5.74) is 1.68. The summed E-state index contributed by atoms with van der Waals surface area (Å²) in [6, 6.07) is 12.5. The second-order valence-corrected chi connectivity index (χ2v) is 7.75. The molecule has 2 heterocycles. The van der Waals surface area contributed by atoms with Crippen LogP contribution in [0.5, 0.6) is 0 Å². The summed E-state index contributed by atoms with van der Waals surface area (Å²) in [7, 11) is 1.34. The molecule has 2 aliphatic rings. The van der Waals surface area contributed by atoms with Crippen molar-refractivity contribution in [2.24, 2.45) is 10.1 Å². The number of nitrogens with one attached hydrogen (secondary N) is 1. The van der Waals surface area contributed by atoms with Gasteiger partial charge in [0.05, 0.1) is 18.0 Å². The van der Waals surface area contributed by atoms with Crippen LogP contribution < -0.4 is 15.9 Å². The zero-order chi connectivity index (χ0) is 19.8. The molecule has 2 aliphatic heterocycles. The van der Waals surface area contributed by atoms with Crippen molar-refractivity contribution < 1.29 is 14.3 Å². The largest absolute Gasteiger partial charge is 0.465 e. The minimum atomic E-state index is -0.524. The molecule has 0 aromatic heterocycles. The van der Waals surface area contributed by atoms with Gasteiger partial charge in [0, 0.05) is 9.69 Å². The summed E-state index contributed by atoms with van der Waals surface area (Å²) < 4.78 is 5.60. The van der Waals surface area contributed by atoms with E-state index in [0.29, 0.717) is 27.0 Å². The van der Waals surface area contributed by atoms with Crippen molar-refractivity contribution in [2.45, 2.75) is 6.17 Å². The molecule has 7 nitrogen and oxygen atoms in total. The number of esters is 1. The van der Waals surface area contributed by atoms with E-state index in [1.807, 2.05) is 24.5 Å². The molecular weight excluding hydrogens is 444 g/mol. The van der Waals surface area contributed by atoms with Crippen molar-refractivity contribution in [3.8, 4) is 0 Å². The van der Waals surface area contributed by atoms with Gasteiger partial charge < -0.3 is 4.74 Å². The van der Waals surface area contributed by atoms with Gasteiger partial charge in [0.1, 0.15) is 5.70 Å². The molecule has 0 saturated carbocycles. The topological polar surface area (TPSA) is 83.4 Å². The molecule has 142 valence electrons. The number of ether oxygens (including phenoxy) is 1. The highest BCUT2D eigenvalue weighted by atomic mass is 79.9. The third-order valence-corrected chi connectivity index (χ3v) is 5.46. The molecular formula is C19H15BrN4O3S. The van der Waals surface area contributed by atoms with Crippen LogP contribution in [0, 0.1) is 0 Å². The van der Waals surface area contributed by atoms with E-state index in [1.165, 1.54) is 18.9 Å². The van der Waals surface area contributed by atoms with Crippen molar-refractivity contribution in [2.75, 3.05) is 13.4 Å². The number of hydrogen-bond donors (Lipinski definition) is 1. The van der Waals surface area contributed by atoms with Gasteiger partial charge in [-0.25, -0.2) is 9.80 Å². The van der Waals surface area contributed by atoms with Gasteiger partial charge in [0.15, 0.2) is 11.3 Å². The summed E-state index contributed by atoms with van der Waals surface area (Å²) in [5.74, 6) is -0.639. The van der Waals surface area contributed by atoms with Gasteiger partial charge >= 0.3 is 5.97 Å². The van der Waals surface area contributed by atoms with E-state index in [9.17, 15) is 9.59 Å². The van der Waals surface area contributed by atoms with Gasteiger partial charge in [-0.3, -0.25) is 15.1 Å². The fourth-order valence-corrected chi connectivity index (χ4v) is 3.80. The number of thioether (sulfide) groups is 1. The Labute approximate surface area is 173 Å². The smallest absolute Gasteiger partial charge is 0.337 e. The SMILES string of the molecule is COC(=O)c1ccc(C2N=c3ccc(Br)cc3=C3C(=O)NC(SC)=NN32)cc1. The Morgan fingerprint density at radius 3 is 2.68 bits per heavy atom. The van der Waals surface area contributed by atoms with Gasteiger partial charge in [-0.2, -0.15) is 0 Å². The number of fused-ring (bicyclic) bond motifs is 2. The standard InChI is InChI=1S/C19H15BrN4O3S/c1-27-18(26)11-5-3-10(4-6-11)16-21-14-8-7-12(20)9-13(14)15-17(25)22-19(28-2)23-24(15)16/h3-9,16H,1-2H3,(H,22,23,25). The Morgan fingerprint density at radius 1 is 1.25 bits per heavy atom. The van der Waals surface area contributed by atoms with Crippen molar-refractivity contribution >= 4 is 50.4 Å². The number of hydrogen-bond acceptors (Lipinski definition) is 7. The molecule has 1 atom stereocenters. The van der Waals surface area contributed by atoms with Gasteiger partial charge in [0.2, 0.25) is 0 Å². The molecule has 1 unspecified atom stereocenters.